The van der Waals surface area contributed by atoms with E-state index in [9.17, 15) is 13.6 Å². The number of rotatable bonds is 3. The highest BCUT2D eigenvalue weighted by Gasteiger charge is 2.22. The summed E-state index contributed by atoms with van der Waals surface area (Å²) in [7, 11) is 0. The summed E-state index contributed by atoms with van der Waals surface area (Å²) in [6.07, 6.45) is 0. The van der Waals surface area contributed by atoms with Crippen molar-refractivity contribution in [1.29, 1.82) is 5.26 Å². The smallest absolute Gasteiger partial charge is 0.184 e. The SMILES string of the molecule is N#CC(C(=O)c1ccc(Br)cc1)c1cc(F)cc(F)c1. The number of hydrogen-bond acceptors (Lipinski definition) is 2. The molecule has 0 aromatic heterocycles. The van der Waals surface area contributed by atoms with E-state index in [1.807, 2.05) is 0 Å². The third-order valence-electron chi connectivity index (χ3n) is 2.74. The molecule has 2 aromatic rings. The molecule has 0 radical (unpaired) electrons. The molecule has 0 spiro atoms. The molecule has 2 aromatic carbocycles. The highest BCUT2D eigenvalue weighted by atomic mass is 79.9. The monoisotopic (exact) mass is 335 g/mol. The van der Waals surface area contributed by atoms with Crippen molar-refractivity contribution in [3.63, 3.8) is 0 Å². The molecule has 0 N–H and O–H groups in total. The van der Waals surface area contributed by atoms with Crippen molar-refractivity contribution in [3.05, 3.63) is 69.7 Å². The largest absolute Gasteiger partial charge is 0.292 e. The second kappa shape index (κ2) is 5.93. The molecule has 2 nitrogen and oxygen atoms in total. The maximum absolute atomic E-state index is 13.2. The fraction of sp³-hybridized carbons (Fsp3) is 0.0667. The summed E-state index contributed by atoms with van der Waals surface area (Å²) in [6, 6.07) is 10.9. The van der Waals surface area contributed by atoms with Gasteiger partial charge in [-0.05, 0) is 29.8 Å². The molecule has 0 aliphatic rings. The van der Waals surface area contributed by atoms with Crippen LogP contribution in [-0.2, 0) is 0 Å². The summed E-state index contributed by atoms with van der Waals surface area (Å²) < 4.78 is 27.1. The summed E-state index contributed by atoms with van der Waals surface area (Å²) in [5, 5.41) is 9.12. The maximum Gasteiger partial charge on any atom is 0.184 e. The van der Waals surface area contributed by atoms with Crippen LogP contribution in [0, 0.1) is 23.0 Å². The Morgan fingerprint density at radius 2 is 1.65 bits per heavy atom. The van der Waals surface area contributed by atoms with Gasteiger partial charge in [-0.2, -0.15) is 5.26 Å². The van der Waals surface area contributed by atoms with Crippen molar-refractivity contribution < 1.29 is 13.6 Å². The highest BCUT2D eigenvalue weighted by Crippen LogP contribution is 2.23. The molecule has 2 rings (SSSR count). The molecular formula is C15H8BrF2NO. The summed E-state index contributed by atoms with van der Waals surface area (Å²) in [5.41, 5.74) is 0.322. The van der Waals surface area contributed by atoms with Gasteiger partial charge in [-0.15, -0.1) is 0 Å². The zero-order chi connectivity index (χ0) is 14.7. The van der Waals surface area contributed by atoms with Crippen LogP contribution in [-0.4, -0.2) is 5.78 Å². The summed E-state index contributed by atoms with van der Waals surface area (Å²) >= 11 is 3.24. The third-order valence-corrected chi connectivity index (χ3v) is 3.27. The third kappa shape index (κ3) is 3.09. The summed E-state index contributed by atoms with van der Waals surface area (Å²) in [6.45, 7) is 0. The molecule has 0 saturated heterocycles. The Morgan fingerprint density at radius 3 is 2.15 bits per heavy atom. The van der Waals surface area contributed by atoms with Crippen LogP contribution in [0.5, 0.6) is 0 Å². The Kier molecular flexibility index (Phi) is 4.26. The van der Waals surface area contributed by atoms with E-state index in [-0.39, 0.29) is 5.56 Å². The Morgan fingerprint density at radius 1 is 1.10 bits per heavy atom. The lowest BCUT2D eigenvalue weighted by atomic mass is 9.92. The van der Waals surface area contributed by atoms with Gasteiger partial charge in [0.1, 0.15) is 17.6 Å². The quantitative estimate of drug-likeness (QED) is 0.788. The number of carbonyl (C=O) groups is 1. The molecule has 0 fully saturated rings. The predicted octanol–water partition coefficient (Wildman–Crippen LogP) is 4.22. The van der Waals surface area contributed by atoms with Crippen LogP contribution >= 0.6 is 15.9 Å². The molecule has 0 aliphatic heterocycles. The molecule has 0 amide bonds. The van der Waals surface area contributed by atoms with Gasteiger partial charge in [-0.3, -0.25) is 4.79 Å². The van der Waals surface area contributed by atoms with Crippen molar-refractivity contribution in [1.82, 2.24) is 0 Å². The van der Waals surface area contributed by atoms with Crippen LogP contribution in [0.1, 0.15) is 21.8 Å². The Balaban J connectivity index is 2.39. The molecule has 0 bridgehead atoms. The van der Waals surface area contributed by atoms with Crippen molar-refractivity contribution in [2.75, 3.05) is 0 Å². The number of benzene rings is 2. The number of nitriles is 1. The normalized spacial score (nSPS) is 11.7. The first-order chi connectivity index (χ1) is 9.51. The number of hydrogen-bond donors (Lipinski definition) is 0. The molecule has 20 heavy (non-hydrogen) atoms. The first-order valence-electron chi connectivity index (χ1n) is 5.66. The molecular weight excluding hydrogens is 328 g/mol. The Bertz CT molecular complexity index is 672. The predicted molar refractivity (Wildman–Crippen MR) is 73.2 cm³/mol. The fourth-order valence-electron chi connectivity index (χ4n) is 1.81. The van der Waals surface area contributed by atoms with Gasteiger partial charge in [-0.1, -0.05) is 28.1 Å². The van der Waals surface area contributed by atoms with E-state index in [0.717, 1.165) is 16.6 Å². The minimum Gasteiger partial charge on any atom is -0.292 e. The van der Waals surface area contributed by atoms with Gasteiger partial charge >= 0.3 is 0 Å². The van der Waals surface area contributed by atoms with Crippen LogP contribution in [0.25, 0.3) is 0 Å². The average molecular weight is 336 g/mol. The van der Waals surface area contributed by atoms with Crippen LogP contribution in [0.3, 0.4) is 0 Å². The summed E-state index contributed by atoms with van der Waals surface area (Å²) in [5.74, 6) is -3.36. The Hall–Kier alpha value is -2.06. The molecule has 0 saturated carbocycles. The molecule has 1 atom stereocenters. The lowest BCUT2D eigenvalue weighted by molar-refractivity contribution is 0.0979. The minimum atomic E-state index is -1.23. The fourth-order valence-corrected chi connectivity index (χ4v) is 2.07. The van der Waals surface area contributed by atoms with Crippen molar-refractivity contribution in [2.24, 2.45) is 0 Å². The van der Waals surface area contributed by atoms with Crippen molar-refractivity contribution in [3.8, 4) is 6.07 Å². The van der Waals surface area contributed by atoms with E-state index in [4.69, 9.17) is 5.26 Å². The van der Waals surface area contributed by atoms with Gasteiger partial charge in [0.2, 0.25) is 0 Å². The van der Waals surface area contributed by atoms with Gasteiger partial charge in [0.05, 0.1) is 6.07 Å². The van der Waals surface area contributed by atoms with E-state index in [1.54, 1.807) is 30.3 Å². The molecule has 5 heteroatoms. The lowest BCUT2D eigenvalue weighted by Crippen LogP contribution is -2.11. The first kappa shape index (κ1) is 14.4. The van der Waals surface area contributed by atoms with Gasteiger partial charge in [-0.25, -0.2) is 8.78 Å². The standard InChI is InChI=1S/C15H8BrF2NO/c16-11-3-1-9(2-4-11)15(20)14(8-19)10-5-12(17)7-13(18)6-10/h1-7,14H. The molecule has 100 valence electrons. The second-order valence-corrected chi connectivity index (χ2v) is 5.05. The number of Topliss-reactive ketones (excluding diaryl/α,β-unsaturated/α-hetero) is 1. The number of carbonyl (C=O) groups excluding carboxylic acids is 1. The van der Waals surface area contributed by atoms with E-state index in [2.05, 4.69) is 15.9 Å². The number of nitrogens with zero attached hydrogens (tertiary/aromatic N) is 1. The highest BCUT2D eigenvalue weighted by molar-refractivity contribution is 9.10. The van der Waals surface area contributed by atoms with Crippen molar-refractivity contribution >= 4 is 21.7 Å². The van der Waals surface area contributed by atoms with Crippen LogP contribution < -0.4 is 0 Å². The van der Waals surface area contributed by atoms with E-state index >= 15 is 0 Å². The van der Waals surface area contributed by atoms with Crippen LogP contribution in [0.15, 0.2) is 46.9 Å². The van der Waals surface area contributed by atoms with Gasteiger partial charge in [0, 0.05) is 16.1 Å². The van der Waals surface area contributed by atoms with E-state index < -0.39 is 23.3 Å². The average Bonchev–Trinajstić information content (AvgIpc) is 2.39. The van der Waals surface area contributed by atoms with Gasteiger partial charge in [0.25, 0.3) is 0 Å². The molecule has 1 unspecified atom stereocenters. The zero-order valence-corrected chi connectivity index (χ0v) is 11.7. The van der Waals surface area contributed by atoms with Crippen molar-refractivity contribution in [2.45, 2.75) is 5.92 Å². The minimum absolute atomic E-state index is 0.0120. The van der Waals surface area contributed by atoms with Gasteiger partial charge < -0.3 is 0 Å². The molecule has 0 heterocycles. The maximum atomic E-state index is 13.2. The summed E-state index contributed by atoms with van der Waals surface area (Å²) in [4.78, 5) is 12.2. The topological polar surface area (TPSA) is 40.9 Å². The van der Waals surface area contributed by atoms with Crippen LogP contribution in [0.2, 0.25) is 0 Å². The van der Waals surface area contributed by atoms with Crippen LogP contribution in [0.4, 0.5) is 8.78 Å². The number of halogens is 3. The second-order valence-electron chi connectivity index (χ2n) is 4.14. The van der Waals surface area contributed by atoms with E-state index in [1.165, 1.54) is 0 Å². The first-order valence-corrected chi connectivity index (χ1v) is 6.46. The van der Waals surface area contributed by atoms with E-state index in [0.29, 0.717) is 11.6 Å². The zero-order valence-electron chi connectivity index (χ0n) is 10.1. The molecule has 0 aliphatic carbocycles. The lowest BCUT2D eigenvalue weighted by Gasteiger charge is -2.09. The Labute approximate surface area is 122 Å². The number of ketones is 1. The van der Waals surface area contributed by atoms with Gasteiger partial charge in [0.15, 0.2) is 5.78 Å².